The van der Waals surface area contributed by atoms with E-state index in [-0.39, 0.29) is 24.4 Å². The Hall–Kier alpha value is -2.25. The summed E-state index contributed by atoms with van der Waals surface area (Å²) < 4.78 is 39.1. The third-order valence-electron chi connectivity index (χ3n) is 3.46. The van der Waals surface area contributed by atoms with Crippen molar-refractivity contribution in [2.24, 2.45) is 0 Å². The fraction of sp³-hybridized carbons (Fsp3) is 0.235. The van der Waals surface area contributed by atoms with Crippen LogP contribution in [0.25, 0.3) is 0 Å². The Kier molecular flexibility index (Phi) is 6.05. The number of amides is 1. The molecule has 0 radical (unpaired) electrons. The van der Waals surface area contributed by atoms with Crippen molar-refractivity contribution in [3.63, 3.8) is 0 Å². The number of carbonyl (C=O) groups is 1. The number of anilines is 1. The van der Waals surface area contributed by atoms with Crippen LogP contribution in [0.4, 0.5) is 10.1 Å². The number of hydrogen-bond acceptors (Lipinski definition) is 3. The molecule has 0 bridgehead atoms. The molecule has 0 atom stereocenters. The number of hydrogen-bond donors (Lipinski definition) is 1. The summed E-state index contributed by atoms with van der Waals surface area (Å²) in [5, 5.41) is 2.37. The molecule has 0 heterocycles. The van der Waals surface area contributed by atoms with Crippen LogP contribution in [0.1, 0.15) is 12.0 Å². The van der Waals surface area contributed by atoms with Crippen LogP contribution >= 0.6 is 0 Å². The normalized spacial score (nSPS) is 11.5. The van der Waals surface area contributed by atoms with Crippen LogP contribution in [0.5, 0.6) is 0 Å². The number of benzene rings is 2. The summed E-state index contributed by atoms with van der Waals surface area (Å²) >= 11 is 0. The van der Waals surface area contributed by atoms with Crippen molar-refractivity contribution in [1.82, 2.24) is 4.31 Å². The second-order valence-corrected chi connectivity index (χ2v) is 7.53. The SMILES string of the molecule is CN(Cc1ccccc1)S(=O)(=O)CCC(=O)Nc1ccccc1F. The third kappa shape index (κ3) is 5.14. The molecule has 128 valence electrons. The van der Waals surface area contributed by atoms with Crippen LogP contribution in [-0.4, -0.2) is 31.4 Å². The van der Waals surface area contributed by atoms with Gasteiger partial charge in [-0.1, -0.05) is 42.5 Å². The molecule has 0 aromatic heterocycles. The van der Waals surface area contributed by atoms with Crippen LogP contribution in [0.3, 0.4) is 0 Å². The van der Waals surface area contributed by atoms with E-state index in [1.54, 1.807) is 6.07 Å². The molecule has 0 aliphatic rings. The molecule has 0 spiro atoms. The average molecular weight is 350 g/mol. The zero-order chi connectivity index (χ0) is 17.6. The number of halogens is 1. The number of sulfonamides is 1. The predicted molar refractivity (Wildman–Crippen MR) is 91.3 cm³/mol. The molecule has 0 fully saturated rings. The molecule has 2 aromatic carbocycles. The molecule has 0 saturated carbocycles. The predicted octanol–water partition coefficient (Wildman–Crippen LogP) is 2.62. The van der Waals surface area contributed by atoms with E-state index in [1.165, 1.54) is 29.6 Å². The Balaban J connectivity index is 1.90. The number of para-hydroxylation sites is 1. The molecule has 0 unspecified atom stereocenters. The second kappa shape index (κ2) is 8.03. The van der Waals surface area contributed by atoms with Gasteiger partial charge in [0.15, 0.2) is 0 Å². The first-order valence-corrected chi connectivity index (χ1v) is 9.02. The van der Waals surface area contributed by atoms with Crippen LogP contribution in [-0.2, 0) is 21.4 Å². The minimum atomic E-state index is -3.58. The first-order valence-electron chi connectivity index (χ1n) is 7.41. The van der Waals surface area contributed by atoms with E-state index in [1.807, 2.05) is 30.3 Å². The lowest BCUT2D eigenvalue weighted by Crippen LogP contribution is -2.30. The van der Waals surface area contributed by atoms with Crippen molar-refractivity contribution >= 4 is 21.6 Å². The van der Waals surface area contributed by atoms with Crippen LogP contribution < -0.4 is 5.32 Å². The van der Waals surface area contributed by atoms with Gasteiger partial charge in [-0.05, 0) is 17.7 Å². The maximum absolute atomic E-state index is 13.5. The van der Waals surface area contributed by atoms with E-state index in [0.29, 0.717) is 0 Å². The smallest absolute Gasteiger partial charge is 0.225 e. The topological polar surface area (TPSA) is 66.5 Å². The van der Waals surface area contributed by atoms with Gasteiger partial charge >= 0.3 is 0 Å². The van der Waals surface area contributed by atoms with E-state index in [9.17, 15) is 17.6 Å². The molecule has 0 aliphatic carbocycles. The Morgan fingerprint density at radius 3 is 2.38 bits per heavy atom. The number of nitrogens with zero attached hydrogens (tertiary/aromatic N) is 1. The highest BCUT2D eigenvalue weighted by molar-refractivity contribution is 7.89. The van der Waals surface area contributed by atoms with Crippen LogP contribution in [0, 0.1) is 5.82 Å². The summed E-state index contributed by atoms with van der Waals surface area (Å²) in [5.41, 5.74) is 0.900. The van der Waals surface area contributed by atoms with E-state index in [0.717, 1.165) is 5.56 Å². The van der Waals surface area contributed by atoms with Gasteiger partial charge in [0, 0.05) is 20.0 Å². The molecule has 0 saturated heterocycles. The van der Waals surface area contributed by atoms with Gasteiger partial charge in [0.2, 0.25) is 15.9 Å². The van der Waals surface area contributed by atoms with Crippen molar-refractivity contribution < 1.29 is 17.6 Å². The maximum atomic E-state index is 13.5. The molecule has 1 N–H and O–H groups in total. The zero-order valence-electron chi connectivity index (χ0n) is 13.3. The van der Waals surface area contributed by atoms with Crippen molar-refractivity contribution in [2.75, 3.05) is 18.1 Å². The van der Waals surface area contributed by atoms with Gasteiger partial charge in [0.25, 0.3) is 0 Å². The highest BCUT2D eigenvalue weighted by Crippen LogP contribution is 2.13. The largest absolute Gasteiger partial charge is 0.324 e. The Morgan fingerprint density at radius 2 is 1.71 bits per heavy atom. The first-order chi connectivity index (χ1) is 11.4. The highest BCUT2D eigenvalue weighted by atomic mass is 32.2. The van der Waals surface area contributed by atoms with Gasteiger partial charge in [0.1, 0.15) is 5.82 Å². The molecule has 0 aliphatic heterocycles. The van der Waals surface area contributed by atoms with Gasteiger partial charge < -0.3 is 5.32 Å². The monoisotopic (exact) mass is 350 g/mol. The highest BCUT2D eigenvalue weighted by Gasteiger charge is 2.20. The summed E-state index contributed by atoms with van der Waals surface area (Å²) in [6.07, 6.45) is -0.240. The number of nitrogens with one attached hydrogen (secondary N) is 1. The minimum Gasteiger partial charge on any atom is -0.324 e. The quantitative estimate of drug-likeness (QED) is 0.835. The Morgan fingerprint density at radius 1 is 1.08 bits per heavy atom. The van der Waals surface area contributed by atoms with Gasteiger partial charge in [-0.25, -0.2) is 17.1 Å². The molecule has 24 heavy (non-hydrogen) atoms. The molecule has 1 amide bonds. The van der Waals surface area contributed by atoms with Crippen molar-refractivity contribution in [3.8, 4) is 0 Å². The minimum absolute atomic E-state index is 0.0394. The van der Waals surface area contributed by atoms with E-state index >= 15 is 0 Å². The Bertz CT molecular complexity index is 794. The van der Waals surface area contributed by atoms with E-state index < -0.39 is 21.7 Å². The molecule has 7 heteroatoms. The maximum Gasteiger partial charge on any atom is 0.225 e. The standard InChI is InChI=1S/C17H19FN2O3S/c1-20(13-14-7-3-2-4-8-14)24(22,23)12-11-17(21)19-16-10-6-5-9-15(16)18/h2-10H,11-13H2,1H3,(H,19,21). The Labute approximate surface area is 141 Å². The number of carbonyl (C=O) groups excluding carboxylic acids is 1. The van der Waals surface area contributed by atoms with Gasteiger partial charge in [-0.15, -0.1) is 0 Å². The molecule has 2 aromatic rings. The lowest BCUT2D eigenvalue weighted by atomic mass is 10.2. The first kappa shape index (κ1) is 18.1. The van der Waals surface area contributed by atoms with Crippen LogP contribution in [0.15, 0.2) is 54.6 Å². The molecular weight excluding hydrogens is 331 g/mol. The van der Waals surface area contributed by atoms with Crippen LogP contribution in [0.2, 0.25) is 0 Å². The molecular formula is C17H19FN2O3S. The summed E-state index contributed by atoms with van der Waals surface area (Å²) in [4.78, 5) is 11.8. The second-order valence-electron chi connectivity index (χ2n) is 5.34. The summed E-state index contributed by atoms with van der Waals surface area (Å²) in [6.45, 7) is 0.234. The van der Waals surface area contributed by atoms with Crippen molar-refractivity contribution in [3.05, 3.63) is 66.0 Å². The van der Waals surface area contributed by atoms with E-state index in [4.69, 9.17) is 0 Å². The molecule has 5 nitrogen and oxygen atoms in total. The van der Waals surface area contributed by atoms with Crippen molar-refractivity contribution in [2.45, 2.75) is 13.0 Å². The van der Waals surface area contributed by atoms with Crippen molar-refractivity contribution in [1.29, 1.82) is 0 Å². The zero-order valence-corrected chi connectivity index (χ0v) is 14.1. The summed E-state index contributed by atoms with van der Waals surface area (Å²) in [5.74, 6) is -1.44. The number of rotatable bonds is 7. The fourth-order valence-electron chi connectivity index (χ4n) is 2.09. The summed E-state index contributed by atoms with van der Waals surface area (Å²) in [6, 6.07) is 14.9. The average Bonchev–Trinajstić information content (AvgIpc) is 2.56. The third-order valence-corrected chi connectivity index (χ3v) is 5.26. The lowest BCUT2D eigenvalue weighted by Gasteiger charge is -2.17. The van der Waals surface area contributed by atoms with Gasteiger partial charge in [-0.2, -0.15) is 0 Å². The lowest BCUT2D eigenvalue weighted by molar-refractivity contribution is -0.115. The van der Waals surface area contributed by atoms with Gasteiger partial charge in [-0.3, -0.25) is 4.79 Å². The fourth-order valence-corrected chi connectivity index (χ4v) is 3.19. The van der Waals surface area contributed by atoms with Gasteiger partial charge in [0.05, 0.1) is 11.4 Å². The molecule has 2 rings (SSSR count). The van der Waals surface area contributed by atoms with E-state index in [2.05, 4.69) is 5.32 Å². The summed E-state index contributed by atoms with van der Waals surface area (Å²) in [7, 11) is -2.11.